The number of amides is 1. The summed E-state index contributed by atoms with van der Waals surface area (Å²) in [6.45, 7) is -0.333. The number of carbonyl (C=O) groups excluding carboxylic acids is 1. The van der Waals surface area contributed by atoms with E-state index in [-0.39, 0.29) is 34.9 Å². The van der Waals surface area contributed by atoms with Gasteiger partial charge in [-0.15, -0.1) is 0 Å². The highest BCUT2D eigenvalue weighted by molar-refractivity contribution is 7.92. The molecule has 0 heterocycles. The molecule has 0 aliphatic rings. The fraction of sp³-hybridized carbons (Fsp3) is 0.208. The monoisotopic (exact) mass is 488 g/mol. The Kier molecular flexibility index (Phi) is 7.62. The van der Waals surface area contributed by atoms with Gasteiger partial charge < -0.3 is 19.5 Å². The minimum atomic E-state index is -3.95. The van der Waals surface area contributed by atoms with Crippen LogP contribution in [0.15, 0.2) is 60.7 Å². The molecule has 0 aromatic heterocycles. The first-order valence-electron chi connectivity index (χ1n) is 10.1. The van der Waals surface area contributed by atoms with E-state index in [9.17, 15) is 17.6 Å². The molecule has 0 radical (unpaired) electrons. The lowest BCUT2D eigenvalue weighted by atomic mass is 10.1. The van der Waals surface area contributed by atoms with E-state index in [4.69, 9.17) is 14.2 Å². The van der Waals surface area contributed by atoms with Gasteiger partial charge >= 0.3 is 0 Å². The van der Waals surface area contributed by atoms with Crippen LogP contribution >= 0.6 is 0 Å². The number of hydrogen-bond acceptors (Lipinski definition) is 6. The summed E-state index contributed by atoms with van der Waals surface area (Å²) in [6, 6.07) is 15.3. The van der Waals surface area contributed by atoms with Crippen LogP contribution in [0, 0.1) is 5.82 Å². The van der Waals surface area contributed by atoms with E-state index < -0.39 is 21.7 Å². The average molecular weight is 489 g/mol. The number of hydrogen-bond donors (Lipinski definition) is 1. The van der Waals surface area contributed by atoms with Crippen molar-refractivity contribution < 1.29 is 31.8 Å². The zero-order chi connectivity index (χ0) is 24.9. The number of nitrogens with zero attached hydrogens (tertiary/aromatic N) is 1. The van der Waals surface area contributed by atoms with E-state index in [2.05, 4.69) is 5.32 Å². The molecular formula is C24H25FN2O6S. The molecular weight excluding hydrogens is 463 g/mol. The number of ether oxygens (including phenoxy) is 3. The fourth-order valence-corrected chi connectivity index (χ4v) is 4.20. The van der Waals surface area contributed by atoms with Crippen LogP contribution in [0.25, 0.3) is 0 Å². The molecule has 1 N–H and O–H groups in total. The minimum Gasteiger partial charge on any atom is -0.497 e. The van der Waals surface area contributed by atoms with Crippen LogP contribution < -0.4 is 23.8 Å². The maximum Gasteiger partial charge on any atom is 0.257 e. The van der Waals surface area contributed by atoms with Crippen molar-refractivity contribution in [2.75, 3.05) is 37.2 Å². The maximum atomic E-state index is 14.4. The number of nitrogens with one attached hydrogen (secondary N) is 1. The van der Waals surface area contributed by atoms with Gasteiger partial charge in [-0.2, -0.15) is 0 Å². The van der Waals surface area contributed by atoms with Gasteiger partial charge in [0.05, 0.1) is 45.4 Å². The molecule has 0 aliphatic carbocycles. The number of methoxy groups -OCH3 is 3. The predicted octanol–water partition coefficient (Wildman–Crippen LogP) is 4.07. The number of carbonyl (C=O) groups is 1. The normalized spacial score (nSPS) is 11.0. The lowest BCUT2D eigenvalue weighted by Gasteiger charge is -2.26. The Balaban J connectivity index is 2.14. The third-order valence-electron chi connectivity index (χ3n) is 5.01. The van der Waals surface area contributed by atoms with Gasteiger partial charge in [0, 0.05) is 23.4 Å². The molecule has 3 rings (SSSR count). The molecule has 3 aromatic rings. The van der Waals surface area contributed by atoms with Crippen molar-refractivity contribution in [3.8, 4) is 17.2 Å². The van der Waals surface area contributed by atoms with Crippen molar-refractivity contribution in [2.24, 2.45) is 0 Å². The van der Waals surface area contributed by atoms with Crippen molar-refractivity contribution in [3.05, 3.63) is 77.6 Å². The van der Waals surface area contributed by atoms with Crippen LogP contribution in [0.4, 0.5) is 15.8 Å². The molecule has 0 atom stereocenters. The van der Waals surface area contributed by atoms with E-state index >= 15 is 0 Å². The summed E-state index contributed by atoms with van der Waals surface area (Å²) in [5.41, 5.74) is 0.568. The number of rotatable bonds is 9. The van der Waals surface area contributed by atoms with Crippen LogP contribution in [-0.4, -0.2) is 41.9 Å². The largest absolute Gasteiger partial charge is 0.497 e. The van der Waals surface area contributed by atoms with Gasteiger partial charge in [-0.25, -0.2) is 12.8 Å². The molecule has 0 bridgehead atoms. The van der Waals surface area contributed by atoms with Gasteiger partial charge in [0.25, 0.3) is 5.91 Å². The summed E-state index contributed by atoms with van der Waals surface area (Å²) in [5.74, 6) is -0.216. The number of anilines is 2. The molecule has 34 heavy (non-hydrogen) atoms. The second-order valence-corrected chi connectivity index (χ2v) is 9.18. The molecule has 10 heteroatoms. The molecule has 0 unspecified atom stereocenters. The quantitative estimate of drug-likeness (QED) is 0.488. The molecule has 0 saturated carbocycles. The average Bonchev–Trinajstić information content (AvgIpc) is 2.82. The van der Waals surface area contributed by atoms with Gasteiger partial charge in [0.2, 0.25) is 10.0 Å². The third kappa shape index (κ3) is 5.57. The highest BCUT2D eigenvalue weighted by Crippen LogP contribution is 2.37. The smallest absolute Gasteiger partial charge is 0.257 e. The minimum absolute atomic E-state index is 0.00352. The van der Waals surface area contributed by atoms with Crippen molar-refractivity contribution in [1.82, 2.24) is 0 Å². The van der Waals surface area contributed by atoms with E-state index in [0.717, 1.165) is 10.6 Å². The van der Waals surface area contributed by atoms with Crippen molar-refractivity contribution in [2.45, 2.75) is 6.54 Å². The summed E-state index contributed by atoms with van der Waals surface area (Å²) < 4.78 is 56.8. The van der Waals surface area contributed by atoms with Crippen LogP contribution in [0.3, 0.4) is 0 Å². The second-order valence-electron chi connectivity index (χ2n) is 7.27. The molecule has 0 saturated heterocycles. The molecule has 0 aliphatic heterocycles. The number of benzene rings is 3. The molecule has 180 valence electrons. The van der Waals surface area contributed by atoms with Crippen molar-refractivity contribution in [1.29, 1.82) is 0 Å². The summed E-state index contributed by atoms with van der Waals surface area (Å²) in [6.07, 6.45) is 0.980. The zero-order valence-electron chi connectivity index (χ0n) is 19.2. The summed E-state index contributed by atoms with van der Waals surface area (Å²) in [7, 11) is 0.339. The molecule has 1 amide bonds. The zero-order valence-corrected chi connectivity index (χ0v) is 20.0. The van der Waals surface area contributed by atoms with Gasteiger partial charge in [-0.1, -0.05) is 24.3 Å². The Morgan fingerprint density at radius 3 is 2.24 bits per heavy atom. The highest BCUT2D eigenvalue weighted by Gasteiger charge is 2.27. The van der Waals surface area contributed by atoms with E-state index in [1.165, 1.54) is 51.7 Å². The van der Waals surface area contributed by atoms with Crippen molar-refractivity contribution in [3.63, 3.8) is 0 Å². The Morgan fingerprint density at radius 1 is 0.941 bits per heavy atom. The van der Waals surface area contributed by atoms with Crippen LogP contribution in [0.1, 0.15) is 15.9 Å². The Hall–Kier alpha value is -3.79. The summed E-state index contributed by atoms with van der Waals surface area (Å²) in [5, 5.41) is 2.73. The van der Waals surface area contributed by atoms with Crippen molar-refractivity contribution >= 4 is 27.3 Å². The molecule has 8 nitrogen and oxygen atoms in total. The second kappa shape index (κ2) is 10.4. The highest BCUT2D eigenvalue weighted by atomic mass is 32.2. The SMILES string of the molecule is COc1cccc(NC(=O)c2cc(OC)c(OC)cc2N(Cc2ccccc2F)S(C)(=O)=O)c1. The molecule has 0 fully saturated rings. The van der Waals surface area contributed by atoms with E-state index in [0.29, 0.717) is 11.4 Å². The number of sulfonamides is 1. The molecule has 3 aromatic carbocycles. The number of halogens is 1. The summed E-state index contributed by atoms with van der Waals surface area (Å²) >= 11 is 0. The van der Waals surface area contributed by atoms with Gasteiger partial charge in [0.1, 0.15) is 11.6 Å². The van der Waals surface area contributed by atoms with E-state index in [1.807, 2.05) is 0 Å². The summed E-state index contributed by atoms with van der Waals surface area (Å²) in [4.78, 5) is 13.3. The fourth-order valence-electron chi connectivity index (χ4n) is 3.32. The van der Waals surface area contributed by atoms with E-state index in [1.54, 1.807) is 30.3 Å². The lowest BCUT2D eigenvalue weighted by Crippen LogP contribution is -2.32. The van der Waals surface area contributed by atoms with Crippen LogP contribution in [0.2, 0.25) is 0 Å². The first kappa shape index (κ1) is 24.8. The Labute approximate surface area is 197 Å². The predicted molar refractivity (Wildman–Crippen MR) is 128 cm³/mol. The first-order valence-corrected chi connectivity index (χ1v) is 11.9. The standard InChI is InChI=1S/C24H25FN2O6S/c1-31-18-10-7-9-17(12-18)26-24(28)19-13-22(32-2)23(33-3)14-21(19)27(34(4,29)30)15-16-8-5-6-11-20(16)25/h5-14H,15H2,1-4H3,(H,26,28). The van der Waals surface area contributed by atoms with Gasteiger partial charge in [0.15, 0.2) is 11.5 Å². The molecule has 0 spiro atoms. The maximum absolute atomic E-state index is 14.4. The van der Waals surface area contributed by atoms with Gasteiger partial charge in [-0.05, 0) is 24.3 Å². The topological polar surface area (TPSA) is 94.2 Å². The Bertz CT molecular complexity index is 1300. The third-order valence-corrected chi connectivity index (χ3v) is 6.14. The first-order chi connectivity index (χ1) is 16.2. The lowest BCUT2D eigenvalue weighted by molar-refractivity contribution is 0.102. The van der Waals surface area contributed by atoms with Gasteiger partial charge in [-0.3, -0.25) is 9.10 Å². The van der Waals surface area contributed by atoms with Crippen LogP contribution in [0.5, 0.6) is 17.2 Å². The Morgan fingerprint density at radius 2 is 1.62 bits per heavy atom. The van der Waals surface area contributed by atoms with Crippen LogP contribution in [-0.2, 0) is 16.6 Å².